The zero-order valence-electron chi connectivity index (χ0n) is 16.0. The lowest BCUT2D eigenvalue weighted by Crippen LogP contribution is -2.10. The van der Waals surface area contributed by atoms with Crippen LogP contribution in [0, 0.1) is 0 Å². The summed E-state index contributed by atoms with van der Waals surface area (Å²) in [6.45, 7) is 2.13. The van der Waals surface area contributed by atoms with E-state index in [1.165, 1.54) is 12.8 Å². The Kier molecular flexibility index (Phi) is 4.61. The molecule has 1 saturated carbocycles. The first kappa shape index (κ1) is 17.4. The predicted octanol–water partition coefficient (Wildman–Crippen LogP) is 6.03. The highest BCUT2D eigenvalue weighted by atomic mass is 32.1. The van der Waals surface area contributed by atoms with Crippen molar-refractivity contribution in [3.8, 4) is 22.1 Å². The number of ether oxygens (including phenoxy) is 1. The van der Waals surface area contributed by atoms with Crippen molar-refractivity contribution in [3.63, 3.8) is 0 Å². The van der Waals surface area contributed by atoms with E-state index < -0.39 is 0 Å². The van der Waals surface area contributed by atoms with Crippen molar-refractivity contribution in [3.05, 3.63) is 59.6 Å². The van der Waals surface area contributed by atoms with Crippen LogP contribution in [0.3, 0.4) is 0 Å². The van der Waals surface area contributed by atoms with Crippen molar-refractivity contribution in [1.82, 2.24) is 14.8 Å². The highest BCUT2D eigenvalue weighted by Crippen LogP contribution is 2.34. The first-order chi connectivity index (χ1) is 13.8. The molecule has 0 bridgehead atoms. The highest BCUT2D eigenvalue weighted by molar-refractivity contribution is 7.12. The molecular weight excluding hydrogens is 366 g/mol. The van der Waals surface area contributed by atoms with Crippen LogP contribution in [0.4, 0.5) is 0 Å². The first-order valence-electron chi connectivity index (χ1n) is 10.0. The summed E-state index contributed by atoms with van der Waals surface area (Å²) >= 11 is 1.64. The van der Waals surface area contributed by atoms with Crippen LogP contribution in [0.2, 0.25) is 0 Å². The molecule has 0 aliphatic heterocycles. The van der Waals surface area contributed by atoms with Crippen molar-refractivity contribution in [2.24, 2.45) is 0 Å². The fourth-order valence-corrected chi connectivity index (χ4v) is 4.75. The van der Waals surface area contributed by atoms with E-state index in [2.05, 4.69) is 54.8 Å². The molecule has 4 nitrogen and oxygen atoms in total. The quantitative estimate of drug-likeness (QED) is 0.418. The molecule has 2 aromatic carbocycles. The topological polar surface area (TPSA) is 39.9 Å². The van der Waals surface area contributed by atoms with Crippen molar-refractivity contribution < 1.29 is 4.74 Å². The Labute approximate surface area is 168 Å². The van der Waals surface area contributed by atoms with Gasteiger partial charge in [-0.3, -0.25) is 0 Å². The predicted molar refractivity (Wildman–Crippen MR) is 114 cm³/mol. The molecular formula is C23H23N3OS. The highest BCUT2D eigenvalue weighted by Gasteiger charge is 2.19. The molecule has 2 heterocycles. The van der Waals surface area contributed by atoms with Gasteiger partial charge in [0, 0.05) is 22.4 Å². The number of hydrogen-bond donors (Lipinski definition) is 0. The molecule has 1 aliphatic carbocycles. The molecule has 0 spiro atoms. The van der Waals surface area contributed by atoms with Gasteiger partial charge in [0.05, 0.1) is 17.3 Å². The average molecular weight is 390 g/mol. The summed E-state index contributed by atoms with van der Waals surface area (Å²) in [4.78, 5) is 4.77. The lowest BCUT2D eigenvalue weighted by atomic mass is 10.1. The van der Waals surface area contributed by atoms with Gasteiger partial charge in [-0.25, -0.2) is 9.67 Å². The second-order valence-corrected chi connectivity index (χ2v) is 8.14. The van der Waals surface area contributed by atoms with Crippen LogP contribution < -0.4 is 4.74 Å². The Bertz CT molecular complexity index is 1090. The fraction of sp³-hybridized carbons (Fsp3) is 0.304. The summed E-state index contributed by atoms with van der Waals surface area (Å²) in [7, 11) is 0. The van der Waals surface area contributed by atoms with Gasteiger partial charge in [0.15, 0.2) is 0 Å². The lowest BCUT2D eigenvalue weighted by molar-refractivity contribution is 0.210. The first-order valence-corrected chi connectivity index (χ1v) is 10.9. The standard InChI is InChI=1S/C23H23N3OS/c1-2-17-15-28-23(24-17)26-21-14-19(27-18-10-6-7-11-18)12-13-20(21)22(25-26)16-8-4-3-5-9-16/h3-5,8-9,12-15,18H,2,6-7,10-11H2,1H3. The van der Waals surface area contributed by atoms with Crippen LogP contribution in [-0.2, 0) is 6.42 Å². The van der Waals surface area contributed by atoms with E-state index in [-0.39, 0.29) is 0 Å². The Morgan fingerprint density at radius 3 is 2.68 bits per heavy atom. The SMILES string of the molecule is CCc1csc(-n2nc(-c3ccccc3)c3ccc(OC4CCCC4)cc32)n1. The van der Waals surface area contributed by atoms with Crippen LogP contribution in [0.5, 0.6) is 5.75 Å². The third-order valence-electron chi connectivity index (χ3n) is 5.39. The summed E-state index contributed by atoms with van der Waals surface area (Å²) in [6.07, 6.45) is 6.10. The number of fused-ring (bicyclic) bond motifs is 1. The lowest BCUT2D eigenvalue weighted by Gasteiger charge is -2.13. The number of rotatable bonds is 5. The van der Waals surface area contributed by atoms with Crippen LogP contribution >= 0.6 is 11.3 Å². The summed E-state index contributed by atoms with van der Waals surface area (Å²) in [6, 6.07) is 16.7. The van der Waals surface area contributed by atoms with E-state index in [0.717, 1.165) is 58.0 Å². The van der Waals surface area contributed by atoms with Crippen molar-refractivity contribution in [2.75, 3.05) is 0 Å². The third-order valence-corrected chi connectivity index (χ3v) is 6.25. The Morgan fingerprint density at radius 2 is 1.93 bits per heavy atom. The molecule has 0 atom stereocenters. The van der Waals surface area contributed by atoms with Crippen LogP contribution in [0.25, 0.3) is 27.3 Å². The van der Waals surface area contributed by atoms with Gasteiger partial charge >= 0.3 is 0 Å². The summed E-state index contributed by atoms with van der Waals surface area (Å²) < 4.78 is 8.23. The number of aromatic nitrogens is 3. The Morgan fingerprint density at radius 1 is 1.11 bits per heavy atom. The van der Waals surface area contributed by atoms with E-state index in [4.69, 9.17) is 14.8 Å². The fourth-order valence-electron chi connectivity index (χ4n) is 3.88. The van der Waals surface area contributed by atoms with E-state index >= 15 is 0 Å². The smallest absolute Gasteiger partial charge is 0.211 e. The molecule has 0 radical (unpaired) electrons. The number of benzene rings is 2. The molecule has 5 rings (SSSR count). The molecule has 142 valence electrons. The Balaban J connectivity index is 1.64. The van der Waals surface area contributed by atoms with E-state index in [1.54, 1.807) is 11.3 Å². The van der Waals surface area contributed by atoms with Crippen LogP contribution in [-0.4, -0.2) is 20.9 Å². The minimum atomic E-state index is 0.342. The zero-order chi connectivity index (χ0) is 18.9. The maximum absolute atomic E-state index is 6.26. The van der Waals surface area contributed by atoms with Crippen molar-refractivity contribution >= 4 is 22.2 Å². The largest absolute Gasteiger partial charge is 0.490 e. The molecule has 0 N–H and O–H groups in total. The zero-order valence-corrected chi connectivity index (χ0v) is 16.8. The minimum absolute atomic E-state index is 0.342. The van der Waals surface area contributed by atoms with Gasteiger partial charge in [0.1, 0.15) is 11.4 Å². The van der Waals surface area contributed by atoms with E-state index in [9.17, 15) is 0 Å². The van der Waals surface area contributed by atoms with Gasteiger partial charge in [-0.15, -0.1) is 11.3 Å². The van der Waals surface area contributed by atoms with E-state index in [0.29, 0.717) is 6.10 Å². The molecule has 0 amide bonds. The number of thiazole rings is 1. The molecule has 5 heteroatoms. The molecule has 28 heavy (non-hydrogen) atoms. The molecule has 0 saturated heterocycles. The van der Waals surface area contributed by atoms with Crippen LogP contribution in [0.1, 0.15) is 38.3 Å². The monoisotopic (exact) mass is 389 g/mol. The van der Waals surface area contributed by atoms with E-state index in [1.807, 2.05) is 10.7 Å². The molecule has 0 unspecified atom stereocenters. The van der Waals surface area contributed by atoms with Crippen molar-refractivity contribution in [2.45, 2.75) is 45.1 Å². The van der Waals surface area contributed by atoms with Gasteiger partial charge in [0.2, 0.25) is 5.13 Å². The van der Waals surface area contributed by atoms with Gasteiger partial charge in [0.25, 0.3) is 0 Å². The second-order valence-electron chi connectivity index (χ2n) is 7.30. The summed E-state index contributed by atoms with van der Waals surface area (Å²) in [5.74, 6) is 0.924. The van der Waals surface area contributed by atoms with Crippen molar-refractivity contribution in [1.29, 1.82) is 0 Å². The molecule has 2 aromatic heterocycles. The average Bonchev–Trinajstić information content (AvgIpc) is 3.48. The van der Waals surface area contributed by atoms with Gasteiger partial charge in [-0.1, -0.05) is 37.3 Å². The summed E-state index contributed by atoms with van der Waals surface area (Å²) in [5.41, 5.74) is 4.24. The molecule has 1 fully saturated rings. The van der Waals surface area contributed by atoms with Crippen LogP contribution in [0.15, 0.2) is 53.9 Å². The maximum atomic E-state index is 6.26. The molecule has 1 aliphatic rings. The van der Waals surface area contributed by atoms with Gasteiger partial charge in [-0.05, 0) is 44.2 Å². The molecule has 4 aromatic rings. The normalized spacial score (nSPS) is 14.8. The Hall–Kier alpha value is -2.66. The third kappa shape index (κ3) is 3.20. The number of hydrogen-bond acceptors (Lipinski definition) is 4. The number of nitrogens with zero attached hydrogens (tertiary/aromatic N) is 3. The second kappa shape index (κ2) is 7.40. The van der Waals surface area contributed by atoms with Gasteiger partial charge < -0.3 is 4.74 Å². The maximum Gasteiger partial charge on any atom is 0.211 e. The number of aryl methyl sites for hydroxylation is 1. The van der Waals surface area contributed by atoms with Gasteiger partial charge in [-0.2, -0.15) is 5.10 Å². The summed E-state index contributed by atoms with van der Waals surface area (Å²) in [5, 5.41) is 9.10. The minimum Gasteiger partial charge on any atom is -0.490 e.